The number of hydrogen-bond acceptors (Lipinski definition) is 6. The van der Waals surface area contributed by atoms with Crippen molar-refractivity contribution in [1.29, 1.82) is 0 Å². The van der Waals surface area contributed by atoms with Gasteiger partial charge < -0.3 is 9.26 Å². The fraction of sp³-hybridized carbons (Fsp3) is 0.136. The van der Waals surface area contributed by atoms with Gasteiger partial charge in [-0.1, -0.05) is 35.0 Å². The lowest BCUT2D eigenvalue weighted by Crippen LogP contribution is -2.13. The molecule has 1 amide bonds. The van der Waals surface area contributed by atoms with Crippen molar-refractivity contribution in [2.45, 2.75) is 13.8 Å². The number of carbonyl (C=O) groups is 1. The second-order valence-corrected chi connectivity index (χ2v) is 8.16. The van der Waals surface area contributed by atoms with Gasteiger partial charge in [-0.3, -0.25) is 10.1 Å². The van der Waals surface area contributed by atoms with Crippen molar-refractivity contribution in [1.82, 2.24) is 10.1 Å². The van der Waals surface area contributed by atoms with Crippen molar-refractivity contribution in [2.24, 2.45) is 0 Å². The number of benzene rings is 2. The molecule has 2 aromatic heterocycles. The van der Waals surface area contributed by atoms with Gasteiger partial charge in [0.05, 0.1) is 17.8 Å². The van der Waals surface area contributed by atoms with Gasteiger partial charge >= 0.3 is 0 Å². The van der Waals surface area contributed by atoms with Crippen LogP contribution in [0, 0.1) is 13.8 Å². The van der Waals surface area contributed by atoms with Gasteiger partial charge in [0, 0.05) is 16.0 Å². The summed E-state index contributed by atoms with van der Waals surface area (Å²) in [6, 6.07) is 14.8. The summed E-state index contributed by atoms with van der Waals surface area (Å²) in [6.45, 7) is 3.66. The first-order valence-electron chi connectivity index (χ1n) is 9.12. The maximum atomic E-state index is 13.0. The summed E-state index contributed by atoms with van der Waals surface area (Å²) in [4.78, 5) is 18.6. The van der Waals surface area contributed by atoms with Crippen LogP contribution in [-0.2, 0) is 0 Å². The van der Waals surface area contributed by atoms with Crippen LogP contribution in [0.2, 0.25) is 5.02 Å². The van der Waals surface area contributed by atoms with Crippen molar-refractivity contribution < 1.29 is 14.1 Å². The molecule has 0 spiro atoms. The Bertz CT molecular complexity index is 1210. The minimum atomic E-state index is -0.348. The number of methoxy groups -OCH3 is 1. The molecule has 4 rings (SSSR count). The lowest BCUT2D eigenvalue weighted by molar-refractivity contribution is 0.102. The number of nitrogens with zero attached hydrogens (tertiary/aromatic N) is 2. The molecule has 8 heteroatoms. The van der Waals surface area contributed by atoms with Crippen LogP contribution in [0.3, 0.4) is 0 Å². The molecular formula is C22H18ClN3O3S. The third kappa shape index (κ3) is 3.81. The number of hydrogen-bond donors (Lipinski definition) is 1. The predicted octanol–water partition coefficient (Wildman–Crippen LogP) is 6.00. The van der Waals surface area contributed by atoms with E-state index in [0.717, 1.165) is 21.9 Å². The smallest absolute Gasteiger partial charge is 0.263 e. The number of anilines is 1. The molecule has 0 radical (unpaired) electrons. The van der Waals surface area contributed by atoms with Crippen LogP contribution in [0.15, 0.2) is 53.1 Å². The first kappa shape index (κ1) is 20.1. The summed E-state index contributed by atoms with van der Waals surface area (Å²) in [6.07, 6.45) is 0. The summed E-state index contributed by atoms with van der Waals surface area (Å²) in [5.74, 6) is 0.833. The molecule has 0 aliphatic heterocycles. The van der Waals surface area contributed by atoms with Gasteiger partial charge in [-0.25, -0.2) is 4.98 Å². The molecule has 0 saturated carbocycles. The molecule has 0 atom stereocenters. The van der Waals surface area contributed by atoms with Crippen LogP contribution in [0.5, 0.6) is 5.75 Å². The Kier molecular flexibility index (Phi) is 5.57. The summed E-state index contributed by atoms with van der Waals surface area (Å²) in [5.41, 5.74) is 3.13. The minimum Gasteiger partial charge on any atom is -0.497 e. The number of amides is 1. The highest BCUT2D eigenvalue weighted by Crippen LogP contribution is 2.34. The first-order valence-corrected chi connectivity index (χ1v) is 10.3. The van der Waals surface area contributed by atoms with E-state index in [4.69, 9.17) is 20.9 Å². The zero-order valence-electron chi connectivity index (χ0n) is 16.5. The Hall–Kier alpha value is -3.16. The van der Waals surface area contributed by atoms with Crippen LogP contribution < -0.4 is 10.1 Å². The van der Waals surface area contributed by atoms with E-state index in [0.29, 0.717) is 32.7 Å². The number of aryl methyl sites for hydroxylation is 2. The molecule has 0 fully saturated rings. The van der Waals surface area contributed by atoms with E-state index in [9.17, 15) is 4.79 Å². The number of nitrogens with one attached hydrogen (secondary N) is 1. The number of rotatable bonds is 5. The summed E-state index contributed by atoms with van der Waals surface area (Å²) in [7, 11) is 1.63. The number of ether oxygens (including phenoxy) is 1. The normalized spacial score (nSPS) is 10.8. The lowest BCUT2D eigenvalue weighted by atomic mass is 10.1. The number of thiazole rings is 1. The van der Waals surface area contributed by atoms with Crippen LogP contribution in [0.1, 0.15) is 21.0 Å². The fourth-order valence-electron chi connectivity index (χ4n) is 3.10. The van der Waals surface area contributed by atoms with Crippen LogP contribution in [0.4, 0.5) is 5.13 Å². The highest BCUT2D eigenvalue weighted by molar-refractivity contribution is 7.16. The van der Waals surface area contributed by atoms with Crippen molar-refractivity contribution in [3.63, 3.8) is 0 Å². The number of halogens is 1. The molecule has 4 aromatic rings. The van der Waals surface area contributed by atoms with Crippen molar-refractivity contribution in [2.75, 3.05) is 12.4 Å². The molecule has 0 saturated heterocycles. The van der Waals surface area contributed by atoms with E-state index >= 15 is 0 Å². The van der Waals surface area contributed by atoms with Crippen molar-refractivity contribution in [3.05, 3.63) is 69.8 Å². The quantitative estimate of drug-likeness (QED) is 0.413. The molecule has 152 valence electrons. The van der Waals surface area contributed by atoms with E-state index in [1.54, 1.807) is 26.2 Å². The Morgan fingerprint density at radius 1 is 1.10 bits per heavy atom. The van der Waals surface area contributed by atoms with Gasteiger partial charge in [0.1, 0.15) is 22.8 Å². The maximum Gasteiger partial charge on any atom is 0.263 e. The van der Waals surface area contributed by atoms with Gasteiger partial charge in [0.2, 0.25) is 0 Å². The average molecular weight is 440 g/mol. The second kappa shape index (κ2) is 8.30. The topological polar surface area (TPSA) is 77.2 Å². The monoisotopic (exact) mass is 439 g/mol. The molecule has 0 unspecified atom stereocenters. The van der Waals surface area contributed by atoms with E-state index in [1.165, 1.54) is 11.3 Å². The van der Waals surface area contributed by atoms with Gasteiger partial charge in [-0.05, 0) is 44.2 Å². The van der Waals surface area contributed by atoms with E-state index in [2.05, 4.69) is 15.5 Å². The maximum absolute atomic E-state index is 13.0. The highest BCUT2D eigenvalue weighted by atomic mass is 35.5. The molecule has 6 nitrogen and oxygen atoms in total. The van der Waals surface area contributed by atoms with Crippen LogP contribution >= 0.6 is 22.9 Å². The largest absolute Gasteiger partial charge is 0.497 e. The van der Waals surface area contributed by atoms with E-state index in [1.807, 2.05) is 43.3 Å². The lowest BCUT2D eigenvalue weighted by Gasteiger charge is -2.04. The van der Waals surface area contributed by atoms with Crippen LogP contribution in [-0.4, -0.2) is 23.2 Å². The first-order chi connectivity index (χ1) is 14.5. The van der Waals surface area contributed by atoms with Gasteiger partial charge in [0.15, 0.2) is 5.13 Å². The van der Waals surface area contributed by atoms with Gasteiger partial charge in [-0.15, -0.1) is 11.3 Å². The second-order valence-electron chi connectivity index (χ2n) is 6.55. The molecule has 0 aliphatic rings. The SMILES string of the molecule is COc1ccc(-c2nc(NC(=O)c3c(-c4ccccc4Cl)noc3C)sc2C)cc1. The third-order valence-electron chi connectivity index (χ3n) is 4.60. The average Bonchev–Trinajstić information content (AvgIpc) is 3.30. The molecule has 2 aromatic carbocycles. The standard InChI is InChI=1S/C22H18ClN3O3S/c1-12-18(20(26-29-12)16-6-4-5-7-17(16)23)21(27)25-22-24-19(13(2)30-22)14-8-10-15(28-3)11-9-14/h4-11H,1-3H3,(H,24,25,27). The van der Waals surface area contributed by atoms with Crippen molar-refractivity contribution >= 4 is 34.0 Å². The third-order valence-corrected chi connectivity index (χ3v) is 5.82. The Balaban J connectivity index is 1.63. The highest BCUT2D eigenvalue weighted by Gasteiger charge is 2.24. The molecular weight excluding hydrogens is 422 g/mol. The van der Waals surface area contributed by atoms with E-state index < -0.39 is 0 Å². The minimum absolute atomic E-state index is 0.335. The summed E-state index contributed by atoms with van der Waals surface area (Å²) < 4.78 is 10.5. The zero-order chi connectivity index (χ0) is 21.3. The Morgan fingerprint density at radius 3 is 2.53 bits per heavy atom. The predicted molar refractivity (Wildman–Crippen MR) is 118 cm³/mol. The van der Waals surface area contributed by atoms with E-state index in [-0.39, 0.29) is 5.91 Å². The zero-order valence-corrected chi connectivity index (χ0v) is 18.1. The number of aromatic nitrogens is 2. The van der Waals surface area contributed by atoms with Gasteiger partial charge in [0.25, 0.3) is 5.91 Å². The van der Waals surface area contributed by atoms with Crippen molar-refractivity contribution in [3.8, 4) is 28.3 Å². The molecule has 1 N–H and O–H groups in total. The fourth-order valence-corrected chi connectivity index (χ4v) is 4.16. The molecule has 0 bridgehead atoms. The Labute approximate surface area is 182 Å². The Morgan fingerprint density at radius 2 is 1.83 bits per heavy atom. The molecule has 2 heterocycles. The van der Waals surface area contributed by atoms with Gasteiger partial charge in [-0.2, -0.15) is 0 Å². The number of carbonyl (C=O) groups excluding carboxylic acids is 1. The molecule has 30 heavy (non-hydrogen) atoms. The summed E-state index contributed by atoms with van der Waals surface area (Å²) >= 11 is 7.69. The molecule has 0 aliphatic carbocycles. The van der Waals surface area contributed by atoms with Crippen LogP contribution in [0.25, 0.3) is 22.5 Å². The summed E-state index contributed by atoms with van der Waals surface area (Å²) in [5, 5.41) is 7.90.